The second-order valence-electron chi connectivity index (χ2n) is 5.43. The average Bonchev–Trinajstić information content (AvgIpc) is 2.81. The van der Waals surface area contributed by atoms with Gasteiger partial charge in [0.15, 0.2) is 0 Å². The third kappa shape index (κ3) is 5.70. The van der Waals surface area contributed by atoms with E-state index in [0.29, 0.717) is 23.9 Å². The molecule has 0 aliphatic carbocycles. The number of sulfonamides is 1. The molecule has 21 heavy (non-hydrogen) atoms. The van der Waals surface area contributed by atoms with Crippen molar-refractivity contribution >= 4 is 21.4 Å². The first-order valence-corrected chi connectivity index (χ1v) is 9.98. The van der Waals surface area contributed by atoms with Crippen molar-refractivity contribution in [2.75, 3.05) is 13.6 Å². The van der Waals surface area contributed by atoms with Crippen LogP contribution in [-0.2, 0) is 16.6 Å². The maximum atomic E-state index is 12.4. The molecular weight excluding hydrogens is 304 g/mol. The van der Waals surface area contributed by atoms with Crippen molar-refractivity contribution in [3.05, 3.63) is 15.8 Å². The lowest BCUT2D eigenvalue weighted by Gasteiger charge is -2.15. The molecule has 122 valence electrons. The fourth-order valence-corrected chi connectivity index (χ4v) is 5.06. The van der Waals surface area contributed by atoms with Gasteiger partial charge in [-0.1, -0.05) is 33.1 Å². The summed E-state index contributed by atoms with van der Waals surface area (Å²) in [6.07, 6.45) is 4.41. The maximum absolute atomic E-state index is 12.4. The number of thiophene rings is 1. The molecular formula is C15H28N2O2S2. The fraction of sp³-hybridized carbons (Fsp3) is 0.733. The number of rotatable bonds is 10. The predicted molar refractivity (Wildman–Crippen MR) is 90.3 cm³/mol. The van der Waals surface area contributed by atoms with Crippen molar-refractivity contribution in [2.45, 2.75) is 57.9 Å². The Labute approximate surface area is 133 Å². The third-order valence-corrected chi connectivity index (χ3v) is 6.40. The summed E-state index contributed by atoms with van der Waals surface area (Å²) in [5, 5.41) is 3.05. The van der Waals surface area contributed by atoms with Crippen LogP contribution >= 0.6 is 11.3 Å². The van der Waals surface area contributed by atoms with E-state index in [1.54, 1.807) is 6.07 Å². The Morgan fingerprint density at radius 2 is 2.05 bits per heavy atom. The average molecular weight is 333 g/mol. The smallest absolute Gasteiger partial charge is 0.241 e. The molecule has 1 rings (SSSR count). The number of nitrogens with one attached hydrogen (secondary N) is 2. The van der Waals surface area contributed by atoms with Crippen LogP contribution in [0.1, 0.15) is 49.3 Å². The highest BCUT2D eigenvalue weighted by Crippen LogP contribution is 2.25. The van der Waals surface area contributed by atoms with Crippen LogP contribution in [0.2, 0.25) is 0 Å². The van der Waals surface area contributed by atoms with Gasteiger partial charge in [-0.2, -0.15) is 0 Å². The molecule has 2 N–H and O–H groups in total. The van der Waals surface area contributed by atoms with Crippen LogP contribution in [0.3, 0.4) is 0 Å². The number of aryl methyl sites for hydroxylation is 1. The highest BCUT2D eigenvalue weighted by molar-refractivity contribution is 7.89. The van der Waals surface area contributed by atoms with E-state index in [1.165, 1.54) is 11.3 Å². The zero-order valence-electron chi connectivity index (χ0n) is 13.5. The molecule has 0 saturated carbocycles. The summed E-state index contributed by atoms with van der Waals surface area (Å²) >= 11 is 1.54. The Bertz CT molecular complexity index is 524. The largest absolute Gasteiger partial charge is 0.315 e. The first-order valence-electron chi connectivity index (χ1n) is 7.68. The highest BCUT2D eigenvalue weighted by Gasteiger charge is 2.20. The summed E-state index contributed by atoms with van der Waals surface area (Å²) in [6.45, 7) is 7.39. The lowest BCUT2D eigenvalue weighted by molar-refractivity contribution is 0.443. The molecule has 0 radical (unpaired) electrons. The van der Waals surface area contributed by atoms with Gasteiger partial charge in [0.2, 0.25) is 10.0 Å². The molecule has 1 atom stereocenters. The molecule has 0 bridgehead atoms. The molecule has 1 aromatic heterocycles. The van der Waals surface area contributed by atoms with E-state index >= 15 is 0 Å². The van der Waals surface area contributed by atoms with E-state index < -0.39 is 10.0 Å². The minimum Gasteiger partial charge on any atom is -0.315 e. The first kappa shape index (κ1) is 18.6. The lowest BCUT2D eigenvalue weighted by atomic mass is 10.00. The van der Waals surface area contributed by atoms with Gasteiger partial charge < -0.3 is 5.32 Å². The Balaban J connectivity index is 2.72. The predicted octanol–water partition coefficient (Wildman–Crippen LogP) is 3.27. The third-order valence-electron chi connectivity index (χ3n) is 3.67. The monoisotopic (exact) mass is 332 g/mol. The van der Waals surface area contributed by atoms with Crippen LogP contribution in [0.4, 0.5) is 0 Å². The second kappa shape index (κ2) is 8.88. The van der Waals surface area contributed by atoms with Gasteiger partial charge in [0, 0.05) is 22.8 Å². The zero-order chi connectivity index (χ0) is 15.9. The van der Waals surface area contributed by atoms with Crippen LogP contribution in [0.5, 0.6) is 0 Å². The molecule has 0 spiro atoms. The topological polar surface area (TPSA) is 58.2 Å². The fourth-order valence-electron chi connectivity index (χ4n) is 2.30. The van der Waals surface area contributed by atoms with E-state index in [-0.39, 0.29) is 0 Å². The Morgan fingerprint density at radius 3 is 2.62 bits per heavy atom. The van der Waals surface area contributed by atoms with Crippen molar-refractivity contribution in [3.63, 3.8) is 0 Å². The minimum atomic E-state index is -3.39. The van der Waals surface area contributed by atoms with E-state index in [9.17, 15) is 8.42 Å². The summed E-state index contributed by atoms with van der Waals surface area (Å²) < 4.78 is 27.7. The molecule has 0 saturated heterocycles. The van der Waals surface area contributed by atoms with Gasteiger partial charge in [-0.25, -0.2) is 13.1 Å². The maximum Gasteiger partial charge on any atom is 0.241 e. The summed E-state index contributed by atoms with van der Waals surface area (Å²) in [5.74, 6) is 0.426. The van der Waals surface area contributed by atoms with Crippen molar-refractivity contribution in [1.29, 1.82) is 0 Å². The second-order valence-corrected chi connectivity index (χ2v) is 8.51. The standard InChI is InChI=1S/C15H28N2O2S2/c1-5-7-8-13(6-2)10-17-21(18,19)15-9-14(11-16-4)20-12(15)3/h9,13,16-17H,5-8,10-11H2,1-4H3. The van der Waals surface area contributed by atoms with Crippen LogP contribution in [-0.4, -0.2) is 22.0 Å². The highest BCUT2D eigenvalue weighted by atomic mass is 32.2. The van der Waals surface area contributed by atoms with Crippen molar-refractivity contribution in [1.82, 2.24) is 10.0 Å². The number of hydrogen-bond acceptors (Lipinski definition) is 4. The molecule has 6 heteroatoms. The van der Waals surface area contributed by atoms with E-state index in [1.807, 2.05) is 14.0 Å². The summed E-state index contributed by atoms with van der Waals surface area (Å²) in [5.41, 5.74) is 0. The van der Waals surface area contributed by atoms with Crippen molar-refractivity contribution in [3.8, 4) is 0 Å². The van der Waals surface area contributed by atoms with Crippen molar-refractivity contribution in [2.24, 2.45) is 5.92 Å². The van der Waals surface area contributed by atoms with Gasteiger partial charge in [-0.3, -0.25) is 0 Å². The van der Waals surface area contributed by atoms with Gasteiger partial charge in [-0.15, -0.1) is 11.3 Å². The van der Waals surface area contributed by atoms with Gasteiger partial charge in [-0.05, 0) is 32.4 Å². The summed E-state index contributed by atoms with van der Waals surface area (Å²) in [6, 6.07) is 1.78. The first-order chi connectivity index (χ1) is 9.94. The van der Waals surface area contributed by atoms with Crippen LogP contribution in [0.25, 0.3) is 0 Å². The molecule has 0 aliphatic rings. The summed E-state index contributed by atoms with van der Waals surface area (Å²) in [4.78, 5) is 2.34. The van der Waals surface area contributed by atoms with E-state index in [4.69, 9.17) is 0 Å². The van der Waals surface area contributed by atoms with Gasteiger partial charge in [0.1, 0.15) is 0 Å². The zero-order valence-corrected chi connectivity index (χ0v) is 15.2. The Hall–Kier alpha value is -0.430. The van der Waals surface area contributed by atoms with Crippen LogP contribution in [0.15, 0.2) is 11.0 Å². The van der Waals surface area contributed by atoms with E-state index in [2.05, 4.69) is 23.9 Å². The quantitative estimate of drug-likeness (QED) is 0.691. The Kier molecular flexibility index (Phi) is 7.87. The van der Waals surface area contributed by atoms with E-state index in [0.717, 1.165) is 35.4 Å². The molecule has 0 aliphatic heterocycles. The Morgan fingerprint density at radius 1 is 1.33 bits per heavy atom. The molecule has 1 unspecified atom stereocenters. The molecule has 1 aromatic rings. The van der Waals surface area contributed by atoms with Gasteiger partial charge in [0.25, 0.3) is 0 Å². The van der Waals surface area contributed by atoms with Crippen LogP contribution in [0, 0.1) is 12.8 Å². The SMILES string of the molecule is CCCCC(CC)CNS(=O)(=O)c1cc(CNC)sc1C. The summed E-state index contributed by atoms with van der Waals surface area (Å²) in [7, 11) is -1.52. The minimum absolute atomic E-state index is 0.426. The number of hydrogen-bond donors (Lipinski definition) is 2. The van der Waals surface area contributed by atoms with Gasteiger partial charge in [0.05, 0.1) is 4.90 Å². The molecule has 0 fully saturated rings. The number of unbranched alkanes of at least 4 members (excludes halogenated alkanes) is 1. The molecule has 0 amide bonds. The van der Waals surface area contributed by atoms with Crippen LogP contribution < -0.4 is 10.0 Å². The van der Waals surface area contributed by atoms with Crippen molar-refractivity contribution < 1.29 is 8.42 Å². The molecule has 0 aromatic carbocycles. The molecule has 1 heterocycles. The normalized spacial score (nSPS) is 13.5. The molecule has 4 nitrogen and oxygen atoms in total. The van der Waals surface area contributed by atoms with Gasteiger partial charge >= 0.3 is 0 Å². The lowest BCUT2D eigenvalue weighted by Crippen LogP contribution is -2.29.